The summed E-state index contributed by atoms with van der Waals surface area (Å²) in [7, 11) is 0. The van der Waals surface area contributed by atoms with Gasteiger partial charge < -0.3 is 5.73 Å². The number of rotatable bonds is 4. The summed E-state index contributed by atoms with van der Waals surface area (Å²) in [6, 6.07) is 11.4. The monoisotopic (exact) mass is 355 g/mol. The lowest BCUT2D eigenvalue weighted by atomic mass is 9.97. The second-order valence-electron chi connectivity index (χ2n) is 6.14. The average Bonchev–Trinajstić information content (AvgIpc) is 2.49. The predicted molar refractivity (Wildman–Crippen MR) is 103 cm³/mol. The molecule has 0 bridgehead atoms. The Bertz CT molecular complexity index is 616. The van der Waals surface area contributed by atoms with E-state index in [-0.39, 0.29) is 24.8 Å². The molecule has 1 aliphatic rings. The molecule has 0 radical (unpaired) electrons. The fraction of sp³-hybridized carbons (Fsp3) is 0.500. The molecule has 2 heterocycles. The maximum atomic E-state index is 5.79. The first-order valence-electron chi connectivity index (χ1n) is 8.07. The predicted octanol–water partition coefficient (Wildman–Crippen LogP) is 4.09. The minimum atomic E-state index is 0. The third-order valence-electron chi connectivity index (χ3n) is 4.55. The molecule has 0 spiro atoms. The number of nitrogens with two attached hydrogens (primary N) is 1. The Morgan fingerprint density at radius 3 is 2.78 bits per heavy atom. The van der Waals surface area contributed by atoms with Crippen molar-refractivity contribution < 1.29 is 0 Å². The van der Waals surface area contributed by atoms with E-state index in [0.717, 1.165) is 30.7 Å². The molecular weight excluding hydrogens is 329 g/mol. The van der Waals surface area contributed by atoms with Crippen molar-refractivity contribution in [3.63, 3.8) is 0 Å². The highest BCUT2D eigenvalue weighted by Gasteiger charge is 2.22. The number of pyridine rings is 1. The van der Waals surface area contributed by atoms with Crippen molar-refractivity contribution >= 4 is 35.7 Å². The smallest absolute Gasteiger partial charge is 0.0708 e. The topological polar surface area (TPSA) is 42.1 Å². The van der Waals surface area contributed by atoms with Gasteiger partial charge in [-0.2, -0.15) is 0 Å². The Morgan fingerprint density at radius 2 is 2.00 bits per heavy atom. The summed E-state index contributed by atoms with van der Waals surface area (Å²) < 4.78 is 0. The Kier molecular flexibility index (Phi) is 8.27. The molecule has 1 atom stereocenters. The minimum Gasteiger partial charge on any atom is -0.330 e. The van der Waals surface area contributed by atoms with Gasteiger partial charge in [0.15, 0.2) is 0 Å². The van der Waals surface area contributed by atoms with Crippen LogP contribution in [0.4, 0.5) is 0 Å². The maximum Gasteiger partial charge on any atom is 0.0708 e. The van der Waals surface area contributed by atoms with Gasteiger partial charge in [0.2, 0.25) is 0 Å². The number of hydrogen-bond acceptors (Lipinski definition) is 3. The zero-order valence-corrected chi connectivity index (χ0v) is 15.3. The van der Waals surface area contributed by atoms with Gasteiger partial charge >= 0.3 is 0 Å². The van der Waals surface area contributed by atoms with Crippen LogP contribution < -0.4 is 5.73 Å². The maximum absolute atomic E-state index is 5.79. The second kappa shape index (κ2) is 9.43. The molecule has 1 aromatic heterocycles. The molecule has 3 rings (SSSR count). The molecule has 3 nitrogen and oxygen atoms in total. The number of likely N-dealkylation sites (tertiary alicyclic amines) is 1. The number of fused-ring (bicyclic) bond motifs is 1. The fourth-order valence-corrected chi connectivity index (χ4v) is 3.53. The molecule has 1 saturated heterocycles. The van der Waals surface area contributed by atoms with Crippen LogP contribution in [0.25, 0.3) is 10.9 Å². The first-order chi connectivity index (χ1) is 10.3. The van der Waals surface area contributed by atoms with Crippen LogP contribution in [0.2, 0.25) is 0 Å². The Balaban J connectivity index is 0.00000132. The van der Waals surface area contributed by atoms with E-state index in [4.69, 9.17) is 5.73 Å². The Labute approximate surface area is 151 Å². The summed E-state index contributed by atoms with van der Waals surface area (Å²) in [5, 5.41) is 1.29. The van der Waals surface area contributed by atoms with E-state index >= 15 is 0 Å². The SMILES string of the molecule is Cc1cc(CN2CCCCC2CCN)c2ccccc2n1.Cl.Cl. The highest BCUT2D eigenvalue weighted by molar-refractivity contribution is 5.85. The van der Waals surface area contributed by atoms with Gasteiger partial charge in [-0.1, -0.05) is 24.6 Å². The van der Waals surface area contributed by atoms with E-state index in [1.165, 1.54) is 36.8 Å². The summed E-state index contributed by atoms with van der Waals surface area (Å²) in [5.74, 6) is 0. The lowest BCUT2D eigenvalue weighted by molar-refractivity contribution is 0.134. The molecule has 1 unspecified atom stereocenters. The number of halogens is 2. The van der Waals surface area contributed by atoms with Crippen LogP contribution in [0.5, 0.6) is 0 Å². The zero-order chi connectivity index (χ0) is 14.7. The molecule has 0 amide bonds. The van der Waals surface area contributed by atoms with Crippen LogP contribution >= 0.6 is 24.8 Å². The van der Waals surface area contributed by atoms with Gasteiger partial charge in [0.05, 0.1) is 5.52 Å². The van der Waals surface area contributed by atoms with Crippen LogP contribution in [0.15, 0.2) is 30.3 Å². The van der Waals surface area contributed by atoms with E-state index < -0.39 is 0 Å². The molecule has 128 valence electrons. The van der Waals surface area contributed by atoms with Crippen molar-refractivity contribution in [2.24, 2.45) is 5.73 Å². The molecule has 0 aliphatic carbocycles. The van der Waals surface area contributed by atoms with Crippen LogP contribution in [-0.4, -0.2) is 29.0 Å². The van der Waals surface area contributed by atoms with Crippen molar-refractivity contribution in [3.8, 4) is 0 Å². The average molecular weight is 356 g/mol. The normalized spacial score (nSPS) is 18.3. The van der Waals surface area contributed by atoms with Crippen LogP contribution in [0.1, 0.15) is 36.9 Å². The first-order valence-corrected chi connectivity index (χ1v) is 8.07. The largest absolute Gasteiger partial charge is 0.330 e. The highest BCUT2D eigenvalue weighted by Crippen LogP contribution is 2.25. The van der Waals surface area contributed by atoms with Crippen molar-refractivity contribution in [2.75, 3.05) is 13.1 Å². The van der Waals surface area contributed by atoms with Crippen molar-refractivity contribution in [2.45, 2.75) is 45.2 Å². The number of benzene rings is 1. The van der Waals surface area contributed by atoms with Gasteiger partial charge in [0, 0.05) is 23.7 Å². The number of para-hydroxylation sites is 1. The van der Waals surface area contributed by atoms with Gasteiger partial charge in [-0.3, -0.25) is 9.88 Å². The number of piperidine rings is 1. The molecule has 2 N–H and O–H groups in total. The highest BCUT2D eigenvalue weighted by atomic mass is 35.5. The molecule has 1 aromatic carbocycles. The molecular formula is C18H27Cl2N3. The van der Waals surface area contributed by atoms with Crippen LogP contribution in [0.3, 0.4) is 0 Å². The van der Waals surface area contributed by atoms with E-state index in [0.29, 0.717) is 6.04 Å². The summed E-state index contributed by atoms with van der Waals surface area (Å²) in [4.78, 5) is 7.27. The second-order valence-corrected chi connectivity index (χ2v) is 6.14. The number of aromatic nitrogens is 1. The summed E-state index contributed by atoms with van der Waals surface area (Å²) >= 11 is 0. The van der Waals surface area contributed by atoms with Crippen LogP contribution in [0, 0.1) is 6.92 Å². The number of aryl methyl sites for hydroxylation is 1. The first kappa shape index (κ1) is 20.2. The van der Waals surface area contributed by atoms with Crippen molar-refractivity contribution in [1.82, 2.24) is 9.88 Å². The summed E-state index contributed by atoms with van der Waals surface area (Å²) in [6.07, 6.45) is 5.06. The lowest BCUT2D eigenvalue weighted by Crippen LogP contribution is -2.40. The van der Waals surface area contributed by atoms with Gasteiger partial charge in [-0.05, 0) is 57.0 Å². The summed E-state index contributed by atoms with van der Waals surface area (Å²) in [6.45, 7) is 5.09. The quantitative estimate of drug-likeness (QED) is 0.897. The molecule has 1 aliphatic heterocycles. The van der Waals surface area contributed by atoms with E-state index in [2.05, 4.69) is 47.1 Å². The van der Waals surface area contributed by atoms with Crippen molar-refractivity contribution in [3.05, 3.63) is 41.6 Å². The van der Waals surface area contributed by atoms with Gasteiger partial charge in [0.25, 0.3) is 0 Å². The molecule has 0 saturated carbocycles. The zero-order valence-electron chi connectivity index (χ0n) is 13.7. The lowest BCUT2D eigenvalue weighted by Gasteiger charge is -2.36. The fourth-order valence-electron chi connectivity index (χ4n) is 3.53. The Hall–Kier alpha value is -0.870. The van der Waals surface area contributed by atoms with Gasteiger partial charge in [-0.15, -0.1) is 24.8 Å². The third kappa shape index (κ3) is 4.80. The molecule has 23 heavy (non-hydrogen) atoms. The standard InChI is InChI=1S/C18H25N3.2ClH/c1-14-12-15(17-7-2-3-8-18(17)20-14)13-21-11-5-4-6-16(21)9-10-19;;/h2-3,7-8,12,16H,4-6,9-11,13,19H2,1H3;2*1H. The Morgan fingerprint density at radius 1 is 1.22 bits per heavy atom. The van der Waals surface area contributed by atoms with Gasteiger partial charge in [0.1, 0.15) is 0 Å². The third-order valence-corrected chi connectivity index (χ3v) is 4.55. The number of hydrogen-bond donors (Lipinski definition) is 1. The van der Waals surface area contributed by atoms with E-state index in [1.807, 2.05) is 0 Å². The van der Waals surface area contributed by atoms with Crippen LogP contribution in [-0.2, 0) is 6.54 Å². The number of nitrogens with zero attached hydrogens (tertiary/aromatic N) is 2. The van der Waals surface area contributed by atoms with E-state index in [9.17, 15) is 0 Å². The molecule has 1 fully saturated rings. The van der Waals surface area contributed by atoms with E-state index in [1.54, 1.807) is 0 Å². The minimum absolute atomic E-state index is 0. The summed E-state index contributed by atoms with van der Waals surface area (Å²) in [5.41, 5.74) is 9.42. The van der Waals surface area contributed by atoms with Crippen molar-refractivity contribution in [1.29, 1.82) is 0 Å². The van der Waals surface area contributed by atoms with Gasteiger partial charge in [-0.25, -0.2) is 0 Å². The molecule has 5 heteroatoms. The molecule has 2 aromatic rings.